The number of carbonyl (C=O) groups is 1. The zero-order chi connectivity index (χ0) is 17.9. The highest BCUT2D eigenvalue weighted by Crippen LogP contribution is 2.37. The van der Waals surface area contributed by atoms with Crippen molar-refractivity contribution in [2.45, 2.75) is 0 Å². The molecular formula is C16H11BrFNO5. The lowest BCUT2D eigenvalue weighted by Crippen LogP contribution is -1.98. The minimum absolute atomic E-state index is 0.107. The van der Waals surface area contributed by atoms with Crippen molar-refractivity contribution in [1.29, 1.82) is 0 Å². The number of allylic oxidation sites excluding steroid dienone is 1. The molecule has 2 aromatic carbocycles. The SMILES string of the molecule is COc1cc(C=CC(=O)c2cc(Br)ccc2F)cc([N+](=O)[O-])c1O. The summed E-state index contributed by atoms with van der Waals surface area (Å²) >= 11 is 3.15. The van der Waals surface area contributed by atoms with Gasteiger partial charge in [0, 0.05) is 10.5 Å². The van der Waals surface area contributed by atoms with Crippen LogP contribution >= 0.6 is 15.9 Å². The van der Waals surface area contributed by atoms with E-state index >= 15 is 0 Å². The van der Waals surface area contributed by atoms with Crippen LogP contribution in [0, 0.1) is 15.9 Å². The highest BCUT2D eigenvalue weighted by molar-refractivity contribution is 9.10. The Kier molecular flexibility index (Phi) is 5.30. The first-order valence-electron chi connectivity index (χ1n) is 6.56. The monoisotopic (exact) mass is 395 g/mol. The molecule has 24 heavy (non-hydrogen) atoms. The maximum atomic E-state index is 13.7. The van der Waals surface area contributed by atoms with Crippen molar-refractivity contribution in [3.05, 3.63) is 67.9 Å². The van der Waals surface area contributed by atoms with Crippen LogP contribution in [-0.2, 0) is 0 Å². The quantitative estimate of drug-likeness (QED) is 0.356. The van der Waals surface area contributed by atoms with E-state index in [1.54, 1.807) is 0 Å². The summed E-state index contributed by atoms with van der Waals surface area (Å²) < 4.78 is 19.1. The molecule has 2 aromatic rings. The van der Waals surface area contributed by atoms with Crippen molar-refractivity contribution in [1.82, 2.24) is 0 Å². The lowest BCUT2D eigenvalue weighted by molar-refractivity contribution is -0.386. The molecule has 0 spiro atoms. The minimum Gasteiger partial charge on any atom is -0.500 e. The highest BCUT2D eigenvalue weighted by Gasteiger charge is 2.19. The topological polar surface area (TPSA) is 89.7 Å². The van der Waals surface area contributed by atoms with Crippen LogP contribution < -0.4 is 4.74 Å². The van der Waals surface area contributed by atoms with E-state index in [0.717, 1.165) is 18.2 Å². The van der Waals surface area contributed by atoms with E-state index in [-0.39, 0.29) is 16.9 Å². The fourth-order valence-electron chi connectivity index (χ4n) is 1.95. The van der Waals surface area contributed by atoms with Crippen LogP contribution in [0.25, 0.3) is 6.08 Å². The van der Waals surface area contributed by atoms with Gasteiger partial charge in [0.05, 0.1) is 17.6 Å². The van der Waals surface area contributed by atoms with Gasteiger partial charge in [0.2, 0.25) is 5.75 Å². The summed E-state index contributed by atoms with van der Waals surface area (Å²) in [6.07, 6.45) is 2.36. The molecule has 0 unspecified atom stereocenters. The normalized spacial score (nSPS) is 10.8. The van der Waals surface area contributed by atoms with Gasteiger partial charge in [-0.15, -0.1) is 0 Å². The van der Waals surface area contributed by atoms with Crippen LogP contribution in [-0.4, -0.2) is 22.9 Å². The number of hydrogen-bond acceptors (Lipinski definition) is 5. The minimum atomic E-state index is -0.773. The number of aromatic hydroxyl groups is 1. The van der Waals surface area contributed by atoms with E-state index in [2.05, 4.69) is 15.9 Å². The first kappa shape index (κ1) is 17.6. The van der Waals surface area contributed by atoms with Crippen molar-refractivity contribution in [3.63, 3.8) is 0 Å². The Morgan fingerprint density at radius 1 is 1.38 bits per heavy atom. The van der Waals surface area contributed by atoms with Crippen LogP contribution in [0.2, 0.25) is 0 Å². The molecule has 0 aliphatic carbocycles. The van der Waals surface area contributed by atoms with Crippen molar-refractivity contribution in [2.24, 2.45) is 0 Å². The molecule has 1 N–H and O–H groups in total. The zero-order valence-electron chi connectivity index (χ0n) is 12.3. The predicted octanol–water partition coefficient (Wildman–Crippen LogP) is 4.11. The maximum Gasteiger partial charge on any atom is 0.315 e. The Labute approximate surface area is 144 Å². The number of hydrogen-bond donors (Lipinski definition) is 1. The number of ketones is 1. The second-order valence-electron chi connectivity index (χ2n) is 4.67. The van der Waals surface area contributed by atoms with Gasteiger partial charge in [-0.3, -0.25) is 14.9 Å². The summed E-state index contributed by atoms with van der Waals surface area (Å²) in [7, 11) is 1.24. The van der Waals surface area contributed by atoms with E-state index in [9.17, 15) is 24.4 Å². The fraction of sp³-hybridized carbons (Fsp3) is 0.0625. The van der Waals surface area contributed by atoms with Crippen LogP contribution in [0.4, 0.5) is 10.1 Å². The smallest absolute Gasteiger partial charge is 0.315 e. The molecule has 0 radical (unpaired) electrons. The number of phenols is 1. The molecule has 0 heterocycles. The summed E-state index contributed by atoms with van der Waals surface area (Å²) in [5, 5.41) is 20.6. The second kappa shape index (κ2) is 7.22. The van der Waals surface area contributed by atoms with Gasteiger partial charge in [-0.25, -0.2) is 4.39 Å². The lowest BCUT2D eigenvalue weighted by atomic mass is 10.1. The van der Waals surface area contributed by atoms with Gasteiger partial charge >= 0.3 is 5.69 Å². The summed E-state index contributed by atoms with van der Waals surface area (Å²) in [5.74, 6) is -2.00. The number of halogens is 2. The third-order valence-corrected chi connectivity index (χ3v) is 3.61. The fourth-order valence-corrected chi connectivity index (χ4v) is 2.31. The maximum absolute atomic E-state index is 13.7. The van der Waals surface area contributed by atoms with Gasteiger partial charge in [0.1, 0.15) is 5.82 Å². The Hall–Kier alpha value is -2.74. The molecule has 0 aliphatic heterocycles. The molecule has 124 valence electrons. The number of rotatable bonds is 5. The van der Waals surface area contributed by atoms with Crippen LogP contribution in [0.3, 0.4) is 0 Å². The molecular weight excluding hydrogens is 385 g/mol. The van der Waals surface area contributed by atoms with E-state index < -0.39 is 28.0 Å². The first-order chi connectivity index (χ1) is 11.3. The molecule has 0 bridgehead atoms. The summed E-state index contributed by atoms with van der Waals surface area (Å²) in [5.41, 5.74) is -0.448. The van der Waals surface area contributed by atoms with Gasteiger partial charge in [-0.1, -0.05) is 22.0 Å². The summed E-state index contributed by atoms with van der Waals surface area (Å²) in [6, 6.07) is 6.35. The number of nitro groups is 1. The molecule has 0 atom stereocenters. The molecule has 2 rings (SSSR count). The third kappa shape index (κ3) is 3.77. The Morgan fingerprint density at radius 3 is 2.71 bits per heavy atom. The zero-order valence-corrected chi connectivity index (χ0v) is 13.9. The summed E-state index contributed by atoms with van der Waals surface area (Å²) in [4.78, 5) is 22.2. The molecule has 0 amide bonds. The van der Waals surface area contributed by atoms with Gasteiger partial charge in [0.25, 0.3) is 0 Å². The van der Waals surface area contributed by atoms with Crippen molar-refractivity contribution in [2.75, 3.05) is 7.11 Å². The van der Waals surface area contributed by atoms with Crippen molar-refractivity contribution < 1.29 is 24.0 Å². The van der Waals surface area contributed by atoms with Gasteiger partial charge in [0.15, 0.2) is 11.5 Å². The Bertz CT molecular complexity index is 851. The van der Waals surface area contributed by atoms with Crippen LogP contribution in [0.5, 0.6) is 11.5 Å². The largest absolute Gasteiger partial charge is 0.500 e. The van der Waals surface area contributed by atoms with Gasteiger partial charge in [-0.2, -0.15) is 0 Å². The number of ether oxygens (including phenoxy) is 1. The molecule has 0 aliphatic rings. The number of methoxy groups -OCH3 is 1. The number of nitrogens with zero attached hydrogens (tertiary/aromatic N) is 1. The number of phenolic OH excluding ortho intramolecular Hbond substituents is 1. The molecule has 8 heteroatoms. The van der Waals surface area contributed by atoms with Gasteiger partial charge < -0.3 is 9.84 Å². The number of carbonyl (C=O) groups excluding carboxylic acids is 1. The third-order valence-electron chi connectivity index (χ3n) is 3.11. The molecule has 0 fully saturated rings. The van der Waals surface area contributed by atoms with Crippen LogP contribution in [0.1, 0.15) is 15.9 Å². The standard InChI is InChI=1S/C16H11BrFNO5/c1-24-15-7-9(6-13(16(15)21)19(22)23)2-5-14(20)11-8-10(17)3-4-12(11)18/h2-8,21H,1H3. The van der Waals surface area contributed by atoms with Gasteiger partial charge in [-0.05, 0) is 35.9 Å². The molecule has 6 nitrogen and oxygen atoms in total. The van der Waals surface area contributed by atoms with E-state index in [4.69, 9.17) is 4.74 Å². The first-order valence-corrected chi connectivity index (χ1v) is 7.35. The molecule has 0 saturated carbocycles. The Morgan fingerprint density at radius 2 is 2.08 bits per heavy atom. The van der Waals surface area contributed by atoms with E-state index in [0.29, 0.717) is 4.47 Å². The average Bonchev–Trinajstić information content (AvgIpc) is 2.55. The number of nitro benzene ring substituents is 1. The molecule has 0 aromatic heterocycles. The van der Waals surface area contributed by atoms with Crippen molar-refractivity contribution in [3.8, 4) is 11.5 Å². The van der Waals surface area contributed by atoms with E-state index in [1.165, 1.54) is 31.4 Å². The average molecular weight is 396 g/mol. The Balaban J connectivity index is 2.38. The molecule has 0 saturated heterocycles. The number of benzene rings is 2. The lowest BCUT2D eigenvalue weighted by Gasteiger charge is -2.05. The van der Waals surface area contributed by atoms with E-state index in [1.807, 2.05) is 0 Å². The summed E-state index contributed by atoms with van der Waals surface area (Å²) in [6.45, 7) is 0. The highest BCUT2D eigenvalue weighted by atomic mass is 79.9. The predicted molar refractivity (Wildman–Crippen MR) is 88.8 cm³/mol. The van der Waals surface area contributed by atoms with Crippen molar-refractivity contribution >= 4 is 33.5 Å². The van der Waals surface area contributed by atoms with Crippen LogP contribution in [0.15, 0.2) is 40.9 Å². The second-order valence-corrected chi connectivity index (χ2v) is 5.59.